The molecule has 18 nitrogen and oxygen atoms in total. The van der Waals surface area contributed by atoms with Crippen LogP contribution in [-0.4, -0.2) is 66.9 Å². The van der Waals surface area contributed by atoms with Crippen molar-refractivity contribution >= 4 is 140 Å². The summed E-state index contributed by atoms with van der Waals surface area (Å²) in [5.41, 5.74) is 4.80. The number of rotatable bonds is 7. The average Bonchev–Trinajstić information content (AvgIpc) is 4.05. The third-order valence-corrected chi connectivity index (χ3v) is 13.6. The summed E-state index contributed by atoms with van der Waals surface area (Å²) < 4.78 is 90.8. The number of hydrogen-bond acceptors (Lipinski definition) is 13. The van der Waals surface area contributed by atoms with Crippen molar-refractivity contribution in [3.63, 3.8) is 0 Å². The lowest BCUT2D eigenvalue weighted by Crippen LogP contribution is -2.02. The molecule has 0 atom stereocenters. The van der Waals surface area contributed by atoms with Crippen LogP contribution in [0.15, 0.2) is 126 Å². The molecule has 3 heterocycles. The Morgan fingerprint density at radius 2 is 0.773 bits per heavy atom. The van der Waals surface area contributed by atoms with Gasteiger partial charge in [-0.05, 0) is 84.9 Å². The van der Waals surface area contributed by atoms with Crippen LogP contribution in [-0.2, 0) is 31.3 Å². The minimum atomic E-state index is -4.63. The van der Waals surface area contributed by atoms with Gasteiger partial charge in [-0.1, -0.05) is 106 Å². The van der Waals surface area contributed by atoms with E-state index >= 15 is 0 Å². The largest absolute Gasteiger partial charge is 0.425 e. The van der Waals surface area contributed by atoms with Gasteiger partial charge in [0.05, 0.1) is 71.5 Å². The second kappa shape index (κ2) is 21.6. The second-order valence-corrected chi connectivity index (χ2v) is 19.9. The lowest BCUT2D eigenvalue weighted by atomic mass is 10.1. The van der Waals surface area contributed by atoms with Crippen molar-refractivity contribution in [1.82, 2.24) is 28.7 Å². The molecule has 0 unspecified atom stereocenters. The van der Waals surface area contributed by atoms with E-state index in [2.05, 4.69) is 17.0 Å². The Morgan fingerprint density at radius 3 is 1.04 bits per heavy atom. The van der Waals surface area contributed by atoms with Gasteiger partial charge in [0.15, 0.2) is 5.69 Å². The summed E-state index contributed by atoms with van der Waals surface area (Å²) in [5.74, 6) is 0.614. The fourth-order valence-electron chi connectivity index (χ4n) is 8.13. The summed E-state index contributed by atoms with van der Waals surface area (Å²) in [7, 11) is -10.9. The summed E-state index contributed by atoms with van der Waals surface area (Å²) in [4.78, 5) is 19.2. The van der Waals surface area contributed by atoms with Gasteiger partial charge < -0.3 is 0 Å². The first-order chi connectivity index (χ1) is 35.7. The molecule has 0 saturated heterocycles. The van der Waals surface area contributed by atoms with Gasteiger partial charge in [0.2, 0.25) is 0 Å². The van der Waals surface area contributed by atoms with Gasteiger partial charge in [-0.2, -0.15) is 18.9 Å². The number of halogens is 6. The lowest BCUT2D eigenvalue weighted by molar-refractivity contribution is 0.483. The molecule has 3 aromatic heterocycles. The van der Waals surface area contributed by atoms with Crippen LogP contribution in [0.4, 0.5) is 5.69 Å². The van der Waals surface area contributed by atoms with Gasteiger partial charge in [-0.3, -0.25) is 18.3 Å². The van der Waals surface area contributed by atoms with Crippen LogP contribution < -0.4 is 0 Å². The highest BCUT2D eigenvalue weighted by atomic mass is 35.5. The normalized spacial score (nSPS) is 11.0. The fourth-order valence-corrected chi connectivity index (χ4v) is 10.6. The zero-order valence-electron chi connectivity index (χ0n) is 36.8. The molecule has 0 radical (unpaired) electrons. The number of nitrogens with zero attached hydrogens (tertiary/aromatic N) is 9. The summed E-state index contributed by atoms with van der Waals surface area (Å²) >= 11 is 42.3. The summed E-state index contributed by atoms with van der Waals surface area (Å²) in [6.45, 7) is 7.70. The second-order valence-electron chi connectivity index (χ2n) is 15.2. The predicted octanol–water partition coefficient (Wildman–Crippen LogP) is 12.2. The molecule has 0 fully saturated rings. The number of fused-ring (bicyclic) bond motifs is 6. The topological polar surface area (TPSA) is 262 Å². The molecular formula is C48H21Cl6N9O9S3. The maximum atomic E-state index is 12.4. The highest BCUT2D eigenvalue weighted by molar-refractivity contribution is 7.85. The molecule has 10 aromatic rings. The third kappa shape index (κ3) is 10.4. The van der Waals surface area contributed by atoms with Crippen LogP contribution in [0.2, 0.25) is 30.1 Å². The molecule has 7 aromatic carbocycles. The molecule has 0 amide bonds. The number of para-hydroxylation sites is 2. The van der Waals surface area contributed by atoms with E-state index in [1.165, 1.54) is 60.7 Å². The van der Waals surface area contributed by atoms with Crippen molar-refractivity contribution in [3.8, 4) is 63.4 Å². The Labute approximate surface area is 456 Å². The van der Waals surface area contributed by atoms with E-state index in [-0.39, 0.29) is 91.5 Å². The summed E-state index contributed by atoms with van der Waals surface area (Å²) in [6.07, 6.45) is 0. The maximum Gasteiger partial charge on any atom is 0.425 e. The van der Waals surface area contributed by atoms with E-state index in [9.17, 15) is 23.5 Å². The van der Waals surface area contributed by atoms with Crippen LogP contribution in [0.1, 0.15) is 11.1 Å². The van der Waals surface area contributed by atoms with Crippen molar-refractivity contribution in [2.24, 2.45) is 0 Å². The summed E-state index contributed by atoms with van der Waals surface area (Å²) in [5, 5.41) is 20.3. The molecule has 75 heavy (non-hydrogen) atoms. The van der Waals surface area contributed by atoms with Gasteiger partial charge >= 0.3 is 21.2 Å². The van der Waals surface area contributed by atoms with E-state index < -0.39 is 31.3 Å². The van der Waals surface area contributed by atoms with E-state index in [1.54, 1.807) is 4.57 Å². The molecule has 372 valence electrons. The standard InChI is InChI=1S/C48H21Cl6N9O3S.2O3S/c1-57-26-20-35(53)39(36(54)21-26)48-60-40-43-41(58-46(61(43)27-8-4-2-5-9-27)37-31(49)16-24(22-55)17-32(37)50)45-42(44(40)62(48)28-10-6-3-7-11-28)59-47(38-33(51)18-25(23-56)19-34(38)52)63(45)29-12-14-30(15-13-29)67(64,65)66;2*1-4(2)3/h2-21H,(H,64,65,66);;. The number of nitriles is 2. The molecule has 0 bridgehead atoms. The molecule has 1 N–H and O–H groups in total. The highest BCUT2D eigenvalue weighted by Gasteiger charge is 2.33. The number of benzene rings is 7. The average molecular weight is 1180 g/mol. The highest BCUT2D eigenvalue weighted by Crippen LogP contribution is 2.49. The molecule has 0 saturated carbocycles. The van der Waals surface area contributed by atoms with Crippen molar-refractivity contribution in [2.45, 2.75) is 4.90 Å². The van der Waals surface area contributed by atoms with Gasteiger partial charge in [-0.25, -0.2) is 19.8 Å². The Kier molecular flexibility index (Phi) is 15.5. The first-order valence-corrected chi connectivity index (χ1v) is 26.2. The zero-order chi connectivity index (χ0) is 54.2. The molecule has 27 heteroatoms. The molecule has 0 spiro atoms. The molecule has 0 aliphatic rings. The SMILES string of the molecule is O=S(=O)=O.O=S(=O)=O.[C-]#[N+]c1cc(Cl)c(-c2nc3c4c(nc(-c5c(Cl)cc(C#N)cc5Cl)n4-c4ccccc4)c4c(nc(-c5c(Cl)cc(C#N)cc5Cl)n4-c4ccc(S(=O)(=O)O)cc4)c3n2-c2ccccc2)c(Cl)c1. The number of hydrogen-bond donors (Lipinski definition) is 1. The van der Waals surface area contributed by atoms with Gasteiger partial charge in [-0.15, -0.1) is 25.3 Å². The van der Waals surface area contributed by atoms with E-state index in [1.807, 2.05) is 69.8 Å². The van der Waals surface area contributed by atoms with Crippen LogP contribution in [0.5, 0.6) is 0 Å². The molecule has 0 aliphatic carbocycles. The maximum absolute atomic E-state index is 12.4. The Hall–Kier alpha value is -7.69. The van der Waals surface area contributed by atoms with E-state index in [4.69, 9.17) is 116 Å². The smallest absolute Gasteiger partial charge is 0.290 e. The molecular weight excluding hydrogens is 1160 g/mol. The fraction of sp³-hybridized carbons (Fsp3) is 0. The van der Waals surface area contributed by atoms with Crippen LogP contribution in [0, 0.1) is 29.2 Å². The quantitative estimate of drug-likeness (QED) is 0.115. The van der Waals surface area contributed by atoms with Crippen LogP contribution in [0.3, 0.4) is 0 Å². The number of aromatic nitrogens is 6. The Morgan fingerprint density at radius 1 is 0.493 bits per heavy atom. The van der Waals surface area contributed by atoms with E-state index in [0.717, 1.165) is 0 Å². The Bertz CT molecular complexity index is 4340. The van der Waals surface area contributed by atoms with Gasteiger partial charge in [0, 0.05) is 27.1 Å². The van der Waals surface area contributed by atoms with Gasteiger partial charge in [0.25, 0.3) is 10.1 Å². The predicted molar refractivity (Wildman–Crippen MR) is 282 cm³/mol. The van der Waals surface area contributed by atoms with Crippen molar-refractivity contribution in [3.05, 3.63) is 174 Å². The van der Waals surface area contributed by atoms with E-state index in [0.29, 0.717) is 44.7 Å². The van der Waals surface area contributed by atoms with Crippen molar-refractivity contribution < 1.29 is 38.2 Å². The molecule has 0 aliphatic heterocycles. The number of imidazole rings is 3. The zero-order valence-corrected chi connectivity index (χ0v) is 43.8. The monoisotopic (exact) mass is 1170 g/mol. The minimum Gasteiger partial charge on any atom is -0.290 e. The third-order valence-electron chi connectivity index (χ3n) is 10.9. The molecule has 10 rings (SSSR count). The summed E-state index contributed by atoms with van der Waals surface area (Å²) in [6, 6.07) is 36.8. The van der Waals surface area contributed by atoms with Crippen LogP contribution >= 0.6 is 69.6 Å². The lowest BCUT2D eigenvalue weighted by Gasteiger charge is -2.14. The first kappa shape index (κ1) is 53.6. The first-order valence-electron chi connectivity index (χ1n) is 20.5. The minimum absolute atomic E-state index is 0.0602. The van der Waals surface area contributed by atoms with Crippen molar-refractivity contribution in [2.75, 3.05) is 0 Å². The Balaban J connectivity index is 0.000000873. The van der Waals surface area contributed by atoms with Gasteiger partial charge in [0.1, 0.15) is 50.6 Å². The van der Waals surface area contributed by atoms with Crippen molar-refractivity contribution in [1.29, 1.82) is 10.5 Å². The van der Waals surface area contributed by atoms with Crippen LogP contribution in [0.25, 0.3) is 89.2 Å².